The first-order valence-electron chi connectivity index (χ1n) is 10.3. The van der Waals surface area contributed by atoms with Crippen LogP contribution in [-0.2, 0) is 19.9 Å². The number of hydrogen-bond acceptors (Lipinski definition) is 7. The molecule has 9 nitrogen and oxygen atoms in total. The molecule has 2 unspecified atom stereocenters. The van der Waals surface area contributed by atoms with E-state index in [0.29, 0.717) is 0 Å². The van der Waals surface area contributed by atoms with Crippen LogP contribution in [0.25, 0.3) is 0 Å². The largest absolute Gasteiger partial charge is 0.573 e. The van der Waals surface area contributed by atoms with Crippen LogP contribution >= 0.6 is 0 Å². The van der Waals surface area contributed by atoms with E-state index in [1.54, 1.807) is 24.3 Å². The Kier molecular flexibility index (Phi) is 6.88. The number of rotatable bonds is 7. The lowest BCUT2D eigenvalue weighted by atomic mass is 10.2. The predicted octanol–water partition coefficient (Wildman–Crippen LogP) is 3.86. The van der Waals surface area contributed by atoms with Crippen LogP contribution < -0.4 is 18.5 Å². The maximum absolute atomic E-state index is 13.4. The summed E-state index contributed by atoms with van der Waals surface area (Å²) in [5.41, 5.74) is 0.180. The molecule has 1 aliphatic rings. The minimum Gasteiger partial charge on any atom is -0.454 e. The molecule has 1 heterocycles. The number of halogens is 3. The fraction of sp³-hybridized carbons (Fsp3) is 0.182. The highest BCUT2D eigenvalue weighted by Gasteiger charge is 2.35. The molecule has 192 valence electrons. The lowest BCUT2D eigenvalue weighted by Gasteiger charge is -2.26. The van der Waals surface area contributed by atoms with Gasteiger partial charge in [0.1, 0.15) is 26.3 Å². The van der Waals surface area contributed by atoms with Crippen molar-refractivity contribution >= 4 is 25.6 Å². The van der Waals surface area contributed by atoms with Crippen LogP contribution in [0.1, 0.15) is 0 Å². The van der Waals surface area contributed by atoms with E-state index in [1.807, 2.05) is 0 Å². The number of ether oxygens (including phenoxy) is 2. The third kappa shape index (κ3) is 5.56. The number of nitrogens with one attached hydrogen (secondary N) is 2. The highest BCUT2D eigenvalue weighted by Crippen LogP contribution is 2.42. The van der Waals surface area contributed by atoms with Crippen molar-refractivity contribution in [1.29, 1.82) is 4.78 Å². The number of para-hydroxylation sites is 3. The van der Waals surface area contributed by atoms with Crippen molar-refractivity contribution in [3.05, 3.63) is 72.8 Å². The number of fused-ring (bicyclic) bond motifs is 2. The average Bonchev–Trinajstić information content (AvgIpc) is 2.90. The number of β-amino-alcohol motifs (C(OH)–C–C–N with tert-alkyl or cyclic N) is 1. The van der Waals surface area contributed by atoms with Crippen LogP contribution in [0.15, 0.2) is 82.6 Å². The Bertz CT molecular complexity index is 1460. The monoisotopic (exact) mass is 543 g/mol. The maximum atomic E-state index is 13.4. The summed E-state index contributed by atoms with van der Waals surface area (Å²) >= 11 is 0. The Hall–Kier alpha value is -3.33. The van der Waals surface area contributed by atoms with Gasteiger partial charge in [-0.25, -0.2) is 22.1 Å². The molecule has 3 aromatic carbocycles. The van der Waals surface area contributed by atoms with E-state index in [2.05, 4.69) is 9.46 Å². The van der Waals surface area contributed by atoms with Crippen molar-refractivity contribution in [2.75, 3.05) is 17.4 Å². The lowest BCUT2D eigenvalue weighted by molar-refractivity contribution is -0.274. The van der Waals surface area contributed by atoms with E-state index in [1.165, 1.54) is 24.3 Å². The van der Waals surface area contributed by atoms with Crippen molar-refractivity contribution in [3.8, 4) is 17.2 Å². The van der Waals surface area contributed by atoms with E-state index in [4.69, 9.17) is 9.52 Å². The van der Waals surface area contributed by atoms with Gasteiger partial charge in [-0.05, 0) is 48.5 Å². The first kappa shape index (κ1) is 25.8. The predicted molar refractivity (Wildman–Crippen MR) is 124 cm³/mol. The Morgan fingerprint density at radius 3 is 2.31 bits per heavy atom. The molecular weight excluding hydrogens is 523 g/mol. The summed E-state index contributed by atoms with van der Waals surface area (Å²) in [4.78, 5) is -0.258. The number of aliphatic hydroxyl groups excluding tert-OH is 1. The Labute approximate surface area is 205 Å². The number of sulfonamides is 1. The lowest BCUT2D eigenvalue weighted by Crippen LogP contribution is -2.42. The zero-order valence-electron chi connectivity index (χ0n) is 18.3. The van der Waals surface area contributed by atoms with Gasteiger partial charge in [-0.1, -0.05) is 24.3 Å². The van der Waals surface area contributed by atoms with Gasteiger partial charge >= 0.3 is 6.36 Å². The number of benzene rings is 3. The number of hydrogen-bond donors (Lipinski definition) is 3. The number of aliphatic hydroxyl groups is 1. The fourth-order valence-corrected chi connectivity index (χ4v) is 6.19. The topological polar surface area (TPSA) is 129 Å². The normalized spacial score (nSPS) is 17.1. The van der Waals surface area contributed by atoms with E-state index >= 15 is 0 Å². The van der Waals surface area contributed by atoms with Gasteiger partial charge in [0.25, 0.3) is 10.0 Å². The zero-order chi connectivity index (χ0) is 26.1. The first-order valence-corrected chi connectivity index (χ1v) is 13.3. The Morgan fingerprint density at radius 1 is 1.03 bits per heavy atom. The molecule has 0 radical (unpaired) electrons. The van der Waals surface area contributed by atoms with Gasteiger partial charge < -0.3 is 14.6 Å². The quantitative estimate of drug-likeness (QED) is 0.415. The van der Waals surface area contributed by atoms with Crippen molar-refractivity contribution in [2.45, 2.75) is 22.3 Å². The van der Waals surface area contributed by atoms with Crippen LogP contribution in [0, 0.1) is 4.78 Å². The van der Waals surface area contributed by atoms with Gasteiger partial charge in [0.05, 0.1) is 23.2 Å². The molecule has 2 atom stereocenters. The second-order valence-electron chi connectivity index (χ2n) is 7.63. The molecule has 0 fully saturated rings. The van der Waals surface area contributed by atoms with E-state index in [9.17, 15) is 30.9 Å². The van der Waals surface area contributed by atoms with Crippen LogP contribution in [0.5, 0.6) is 17.2 Å². The van der Waals surface area contributed by atoms with Crippen LogP contribution in [0.2, 0.25) is 0 Å². The SMILES string of the molecule is N=S(=O)(NCC(O)CN1c2ccccc2Oc2ccccc2S1(=O)=O)c1ccc(OC(F)(F)F)cc1. The van der Waals surface area contributed by atoms with Crippen molar-refractivity contribution < 1.29 is 40.4 Å². The Morgan fingerprint density at radius 2 is 1.64 bits per heavy atom. The fourth-order valence-electron chi connectivity index (χ4n) is 3.45. The molecule has 3 N–H and O–H groups in total. The highest BCUT2D eigenvalue weighted by molar-refractivity contribution is 7.93. The molecule has 3 aromatic rings. The summed E-state index contributed by atoms with van der Waals surface area (Å²) < 4.78 is 97.4. The molecular formula is C22H20F3N3O6S2. The van der Waals surface area contributed by atoms with Gasteiger partial charge in [0.2, 0.25) is 0 Å². The summed E-state index contributed by atoms with van der Waals surface area (Å²) in [6, 6.07) is 16.3. The van der Waals surface area contributed by atoms with Crippen LogP contribution in [-0.4, -0.2) is 43.3 Å². The van der Waals surface area contributed by atoms with Crippen molar-refractivity contribution in [3.63, 3.8) is 0 Å². The van der Waals surface area contributed by atoms with Crippen molar-refractivity contribution in [1.82, 2.24) is 4.72 Å². The first-order chi connectivity index (χ1) is 16.9. The average molecular weight is 544 g/mol. The number of alkyl halides is 3. The maximum Gasteiger partial charge on any atom is 0.573 e. The minimum absolute atomic E-state index is 0.105. The van der Waals surface area contributed by atoms with E-state index < -0.39 is 51.2 Å². The Balaban J connectivity index is 1.51. The number of nitrogens with zero attached hydrogens (tertiary/aromatic N) is 1. The van der Waals surface area contributed by atoms with Gasteiger partial charge in [-0.15, -0.1) is 13.2 Å². The molecule has 0 saturated carbocycles. The smallest absolute Gasteiger partial charge is 0.454 e. The number of anilines is 1. The van der Waals surface area contributed by atoms with Gasteiger partial charge in [-0.3, -0.25) is 4.31 Å². The highest BCUT2D eigenvalue weighted by atomic mass is 32.2. The second-order valence-corrected chi connectivity index (χ2v) is 11.3. The van der Waals surface area contributed by atoms with E-state index in [0.717, 1.165) is 28.6 Å². The molecule has 0 bridgehead atoms. The third-order valence-corrected chi connectivity index (χ3v) is 8.39. The van der Waals surface area contributed by atoms with Crippen molar-refractivity contribution in [2.24, 2.45) is 0 Å². The molecule has 0 amide bonds. The summed E-state index contributed by atoms with van der Waals surface area (Å²) in [5.74, 6) is -0.183. The van der Waals surface area contributed by atoms with Gasteiger partial charge in [0.15, 0.2) is 5.75 Å². The minimum atomic E-state index is -4.90. The standard InChI is InChI=1S/C22H20F3N3O6S2/c23-22(24,25)34-16-9-11-17(12-10-16)35(26,30)27-13-15(29)14-28-18-5-1-2-6-19(18)33-20-7-3-4-8-21(20)36(28,31)32/h1-12,15,29H,13-14H2,(H2,26,27,30). The summed E-state index contributed by atoms with van der Waals surface area (Å²) in [6.07, 6.45) is -6.32. The molecule has 36 heavy (non-hydrogen) atoms. The molecule has 0 spiro atoms. The van der Waals surface area contributed by atoms with Gasteiger partial charge in [0, 0.05) is 6.54 Å². The molecule has 4 rings (SSSR count). The van der Waals surface area contributed by atoms with E-state index in [-0.39, 0.29) is 27.0 Å². The zero-order valence-corrected chi connectivity index (χ0v) is 19.9. The molecule has 0 saturated heterocycles. The second kappa shape index (κ2) is 9.61. The van der Waals surface area contributed by atoms with Crippen LogP contribution in [0.4, 0.5) is 18.9 Å². The summed E-state index contributed by atoms with van der Waals surface area (Å²) in [6.45, 7) is -0.919. The molecule has 0 aliphatic carbocycles. The molecule has 0 aromatic heterocycles. The summed E-state index contributed by atoms with van der Waals surface area (Å²) in [7, 11) is -7.90. The molecule has 1 aliphatic heterocycles. The van der Waals surface area contributed by atoms with Crippen LogP contribution in [0.3, 0.4) is 0 Å². The molecule has 14 heteroatoms. The third-order valence-electron chi connectivity index (χ3n) is 5.06. The van der Waals surface area contributed by atoms with Gasteiger partial charge in [-0.2, -0.15) is 0 Å². The summed E-state index contributed by atoms with van der Waals surface area (Å²) in [5, 5.41) is 10.6.